The fourth-order valence-electron chi connectivity index (χ4n) is 3.45. The fourth-order valence-corrected chi connectivity index (χ4v) is 3.45. The second-order valence-corrected chi connectivity index (χ2v) is 7.46. The number of nitrogens with zero attached hydrogens (tertiary/aromatic N) is 1. The van der Waals surface area contributed by atoms with Crippen molar-refractivity contribution in [2.24, 2.45) is 0 Å². The van der Waals surface area contributed by atoms with Gasteiger partial charge >= 0.3 is 6.03 Å². The first kappa shape index (κ1) is 20.0. The zero-order chi connectivity index (χ0) is 20.6. The van der Waals surface area contributed by atoms with Crippen molar-refractivity contribution in [2.45, 2.75) is 13.0 Å². The molecule has 0 aliphatic carbocycles. The lowest BCUT2D eigenvalue weighted by Gasteiger charge is -2.27. The Bertz CT molecular complexity index is 934. The molecule has 5 heteroatoms. The van der Waals surface area contributed by atoms with Gasteiger partial charge in [-0.15, -0.1) is 0 Å². The third-order valence-corrected chi connectivity index (χ3v) is 5.19. The highest BCUT2D eigenvalue weighted by Crippen LogP contribution is 2.16. The minimum atomic E-state index is -0.0300. The van der Waals surface area contributed by atoms with E-state index in [1.807, 2.05) is 47.4 Å². The number of ether oxygens (including phenoxy) is 1. The van der Waals surface area contributed by atoms with Gasteiger partial charge < -0.3 is 20.3 Å². The van der Waals surface area contributed by atoms with Gasteiger partial charge in [0.15, 0.2) is 0 Å². The Morgan fingerprint density at radius 3 is 2.10 bits per heavy atom. The first-order valence-electron chi connectivity index (χ1n) is 10.4. The Balaban J connectivity index is 1.28. The molecular weight excluding hydrogens is 374 g/mol. The molecule has 2 amide bonds. The zero-order valence-electron chi connectivity index (χ0n) is 17.0. The second kappa shape index (κ2) is 9.94. The SMILES string of the molecule is O=C(Nc1ccc(Cc2ccc(COc3ccccc3)cc2)cc1)N1CCNCC1. The maximum atomic E-state index is 12.3. The molecule has 3 aromatic carbocycles. The van der Waals surface area contributed by atoms with Crippen LogP contribution in [0.15, 0.2) is 78.9 Å². The average Bonchev–Trinajstić information content (AvgIpc) is 2.81. The van der Waals surface area contributed by atoms with E-state index in [9.17, 15) is 4.79 Å². The number of nitrogens with one attached hydrogen (secondary N) is 2. The van der Waals surface area contributed by atoms with Crippen LogP contribution in [0.1, 0.15) is 16.7 Å². The first-order valence-corrected chi connectivity index (χ1v) is 10.4. The first-order chi connectivity index (χ1) is 14.8. The van der Waals surface area contributed by atoms with Crippen molar-refractivity contribution in [1.29, 1.82) is 0 Å². The summed E-state index contributed by atoms with van der Waals surface area (Å²) in [6.45, 7) is 3.76. The van der Waals surface area contributed by atoms with Gasteiger partial charge in [0.25, 0.3) is 0 Å². The van der Waals surface area contributed by atoms with Crippen molar-refractivity contribution in [2.75, 3.05) is 31.5 Å². The van der Waals surface area contributed by atoms with E-state index in [0.717, 1.165) is 49.6 Å². The summed E-state index contributed by atoms with van der Waals surface area (Å²) in [5.41, 5.74) is 4.43. The molecule has 3 aromatic rings. The van der Waals surface area contributed by atoms with E-state index < -0.39 is 0 Å². The van der Waals surface area contributed by atoms with Crippen LogP contribution in [0.2, 0.25) is 0 Å². The van der Waals surface area contributed by atoms with E-state index in [2.05, 4.69) is 47.0 Å². The monoisotopic (exact) mass is 401 g/mol. The van der Waals surface area contributed by atoms with Crippen molar-refractivity contribution in [1.82, 2.24) is 10.2 Å². The Morgan fingerprint density at radius 2 is 1.43 bits per heavy atom. The zero-order valence-corrected chi connectivity index (χ0v) is 17.0. The largest absolute Gasteiger partial charge is 0.489 e. The Hall–Kier alpha value is -3.31. The second-order valence-electron chi connectivity index (χ2n) is 7.46. The molecule has 0 unspecified atom stereocenters. The van der Waals surface area contributed by atoms with Crippen molar-refractivity contribution >= 4 is 11.7 Å². The van der Waals surface area contributed by atoms with Gasteiger partial charge in [0, 0.05) is 31.9 Å². The number of hydrogen-bond donors (Lipinski definition) is 2. The van der Waals surface area contributed by atoms with Gasteiger partial charge in [-0.3, -0.25) is 0 Å². The summed E-state index contributed by atoms with van der Waals surface area (Å²) in [4.78, 5) is 14.1. The molecule has 1 aliphatic rings. The molecule has 1 heterocycles. The molecule has 0 radical (unpaired) electrons. The molecule has 0 aromatic heterocycles. The molecule has 1 fully saturated rings. The van der Waals surface area contributed by atoms with Gasteiger partial charge in [-0.05, 0) is 47.4 Å². The number of hydrogen-bond acceptors (Lipinski definition) is 3. The molecule has 2 N–H and O–H groups in total. The quantitative estimate of drug-likeness (QED) is 0.648. The molecule has 5 nitrogen and oxygen atoms in total. The number of benzene rings is 3. The van der Waals surface area contributed by atoms with Crippen LogP contribution >= 0.6 is 0 Å². The summed E-state index contributed by atoms with van der Waals surface area (Å²) in [5, 5.41) is 6.24. The molecule has 154 valence electrons. The minimum absolute atomic E-state index is 0.0300. The predicted molar refractivity (Wildman–Crippen MR) is 120 cm³/mol. The lowest BCUT2D eigenvalue weighted by molar-refractivity contribution is 0.204. The van der Waals surface area contributed by atoms with Crippen LogP contribution in [0.3, 0.4) is 0 Å². The molecule has 4 rings (SSSR count). The van der Waals surface area contributed by atoms with Crippen LogP contribution < -0.4 is 15.4 Å². The lowest BCUT2D eigenvalue weighted by Crippen LogP contribution is -2.48. The number of urea groups is 1. The summed E-state index contributed by atoms with van der Waals surface area (Å²) in [6, 6.07) is 26.4. The van der Waals surface area contributed by atoms with Crippen LogP contribution in [-0.2, 0) is 13.0 Å². The number of anilines is 1. The topological polar surface area (TPSA) is 53.6 Å². The maximum absolute atomic E-state index is 12.3. The maximum Gasteiger partial charge on any atom is 0.321 e. The van der Waals surface area contributed by atoms with Gasteiger partial charge in [0.2, 0.25) is 0 Å². The van der Waals surface area contributed by atoms with E-state index in [4.69, 9.17) is 4.74 Å². The lowest BCUT2D eigenvalue weighted by atomic mass is 10.0. The van der Waals surface area contributed by atoms with Crippen molar-refractivity contribution in [3.8, 4) is 5.75 Å². The van der Waals surface area contributed by atoms with E-state index in [1.54, 1.807) is 0 Å². The molecule has 1 saturated heterocycles. The highest BCUT2D eigenvalue weighted by atomic mass is 16.5. The minimum Gasteiger partial charge on any atom is -0.489 e. The molecular formula is C25H27N3O2. The van der Waals surface area contributed by atoms with Crippen LogP contribution in [0.25, 0.3) is 0 Å². The molecule has 30 heavy (non-hydrogen) atoms. The number of amides is 2. The summed E-state index contributed by atoms with van der Waals surface area (Å²) in [6.07, 6.45) is 0.853. The fraction of sp³-hybridized carbons (Fsp3) is 0.240. The van der Waals surface area contributed by atoms with Gasteiger partial charge in [0.05, 0.1) is 0 Å². The van der Waals surface area contributed by atoms with Gasteiger partial charge in [-0.2, -0.15) is 0 Å². The van der Waals surface area contributed by atoms with E-state index >= 15 is 0 Å². The Morgan fingerprint density at radius 1 is 0.833 bits per heavy atom. The summed E-state index contributed by atoms with van der Waals surface area (Å²) in [7, 11) is 0. The normalized spacial score (nSPS) is 13.7. The summed E-state index contributed by atoms with van der Waals surface area (Å²) in [5.74, 6) is 0.880. The molecule has 0 atom stereocenters. The number of para-hydroxylation sites is 1. The summed E-state index contributed by atoms with van der Waals surface area (Å²) < 4.78 is 5.80. The van der Waals surface area contributed by atoms with Crippen LogP contribution in [-0.4, -0.2) is 37.1 Å². The summed E-state index contributed by atoms with van der Waals surface area (Å²) >= 11 is 0. The van der Waals surface area contributed by atoms with Gasteiger partial charge in [-0.1, -0.05) is 54.6 Å². The van der Waals surface area contributed by atoms with Crippen molar-refractivity contribution in [3.63, 3.8) is 0 Å². The highest BCUT2D eigenvalue weighted by Gasteiger charge is 2.15. The van der Waals surface area contributed by atoms with Gasteiger partial charge in [-0.25, -0.2) is 4.79 Å². The standard InChI is InChI=1S/C25H27N3O2/c29-25(28-16-14-26-15-17-28)27-23-12-10-21(11-13-23)18-20-6-8-22(9-7-20)19-30-24-4-2-1-3-5-24/h1-13,26H,14-19H2,(H,27,29). The van der Waals surface area contributed by atoms with Crippen LogP contribution in [0, 0.1) is 0 Å². The third-order valence-electron chi connectivity index (χ3n) is 5.19. The van der Waals surface area contributed by atoms with Crippen molar-refractivity contribution in [3.05, 3.63) is 95.6 Å². The average molecular weight is 402 g/mol. The molecule has 0 bridgehead atoms. The van der Waals surface area contributed by atoms with Crippen LogP contribution in [0.4, 0.5) is 10.5 Å². The number of rotatable bonds is 6. The molecule has 0 spiro atoms. The number of carbonyl (C=O) groups is 1. The Kier molecular flexibility index (Phi) is 6.62. The molecule has 0 saturated carbocycles. The third kappa shape index (κ3) is 5.61. The Labute approximate surface area is 177 Å². The smallest absolute Gasteiger partial charge is 0.321 e. The number of carbonyl (C=O) groups excluding carboxylic acids is 1. The van der Waals surface area contributed by atoms with E-state index in [0.29, 0.717) is 6.61 Å². The van der Waals surface area contributed by atoms with Gasteiger partial charge in [0.1, 0.15) is 12.4 Å². The highest BCUT2D eigenvalue weighted by molar-refractivity contribution is 5.89. The van der Waals surface area contributed by atoms with Crippen molar-refractivity contribution < 1.29 is 9.53 Å². The molecule has 1 aliphatic heterocycles. The van der Waals surface area contributed by atoms with E-state index in [-0.39, 0.29) is 6.03 Å². The van der Waals surface area contributed by atoms with E-state index in [1.165, 1.54) is 11.1 Å². The van der Waals surface area contributed by atoms with Crippen LogP contribution in [0.5, 0.6) is 5.75 Å². The number of piperazine rings is 1. The predicted octanol–water partition coefficient (Wildman–Crippen LogP) is 4.29.